The highest BCUT2D eigenvalue weighted by molar-refractivity contribution is 14.0. The summed E-state index contributed by atoms with van der Waals surface area (Å²) in [4.78, 5) is 5.51. The highest BCUT2D eigenvalue weighted by Crippen LogP contribution is 2.20. The smallest absolute Gasteiger partial charge is 0.352 e. The first-order valence-electron chi connectivity index (χ1n) is 9.80. The largest absolute Gasteiger partial charge is 0.401 e. The van der Waals surface area contributed by atoms with Gasteiger partial charge in [0.2, 0.25) is 10.0 Å². The molecule has 1 aromatic carbocycles. The second kappa shape index (κ2) is 12.2. The van der Waals surface area contributed by atoms with Gasteiger partial charge in [0.25, 0.3) is 0 Å². The molecule has 1 aromatic rings. The Morgan fingerprint density at radius 2 is 1.84 bits per heavy atom. The SMILES string of the molecule is CN=C(NCc1ccc(CS(=O)(=O)NC(C)C)cc1)NC1CCN(CC(F)(F)F)C1.I. The Hall–Kier alpha value is -1.12. The molecule has 178 valence electrons. The molecule has 1 fully saturated rings. The molecule has 0 saturated carbocycles. The van der Waals surface area contributed by atoms with Crippen molar-refractivity contribution in [3.05, 3.63) is 35.4 Å². The molecule has 1 atom stereocenters. The molecule has 0 radical (unpaired) electrons. The van der Waals surface area contributed by atoms with Gasteiger partial charge >= 0.3 is 6.18 Å². The van der Waals surface area contributed by atoms with Crippen LogP contribution in [0.1, 0.15) is 31.4 Å². The predicted molar refractivity (Wildman–Crippen MR) is 127 cm³/mol. The van der Waals surface area contributed by atoms with Crippen LogP contribution < -0.4 is 15.4 Å². The molecule has 3 N–H and O–H groups in total. The number of halogens is 4. The van der Waals surface area contributed by atoms with Crippen LogP contribution in [-0.2, 0) is 22.3 Å². The molecule has 1 unspecified atom stereocenters. The normalized spacial score (nSPS) is 18.2. The summed E-state index contributed by atoms with van der Waals surface area (Å²) >= 11 is 0. The Morgan fingerprint density at radius 3 is 2.39 bits per heavy atom. The first-order chi connectivity index (χ1) is 14.0. The molecule has 2 rings (SSSR count). The number of guanidine groups is 1. The van der Waals surface area contributed by atoms with Crippen LogP contribution >= 0.6 is 24.0 Å². The van der Waals surface area contributed by atoms with Gasteiger partial charge in [0.1, 0.15) is 0 Å². The number of sulfonamides is 1. The fourth-order valence-corrected chi connectivity index (χ4v) is 4.73. The summed E-state index contributed by atoms with van der Waals surface area (Å²) in [7, 11) is -1.77. The van der Waals surface area contributed by atoms with E-state index in [1.165, 1.54) is 4.90 Å². The van der Waals surface area contributed by atoms with Gasteiger partial charge in [-0.25, -0.2) is 13.1 Å². The number of alkyl halides is 3. The van der Waals surface area contributed by atoms with E-state index in [1.807, 2.05) is 12.1 Å². The topological polar surface area (TPSA) is 85.8 Å². The van der Waals surface area contributed by atoms with Crippen LogP contribution in [0.3, 0.4) is 0 Å². The standard InChI is InChI=1S/C19H30F3N5O2S.HI/c1-14(2)26-30(28,29)12-16-6-4-15(5-7-16)10-24-18(23-3)25-17-8-9-27(11-17)13-19(20,21)22;/h4-7,14,17,26H,8-13H2,1-3H3,(H2,23,24,25);1H. The van der Waals surface area contributed by atoms with Crippen molar-refractivity contribution in [2.24, 2.45) is 4.99 Å². The summed E-state index contributed by atoms with van der Waals surface area (Å²) in [6.45, 7) is 3.80. The Labute approximate surface area is 199 Å². The molecule has 0 spiro atoms. The number of benzene rings is 1. The monoisotopic (exact) mass is 577 g/mol. The third kappa shape index (κ3) is 10.8. The molecular weight excluding hydrogens is 546 g/mol. The summed E-state index contributed by atoms with van der Waals surface area (Å²) in [5, 5.41) is 6.29. The van der Waals surface area contributed by atoms with Crippen molar-refractivity contribution >= 4 is 40.0 Å². The third-order valence-corrected chi connectivity index (χ3v) is 6.04. The second-order valence-electron chi connectivity index (χ2n) is 7.75. The highest BCUT2D eigenvalue weighted by Gasteiger charge is 2.34. The fraction of sp³-hybridized carbons (Fsp3) is 0.632. The molecular formula is C19H31F3IN5O2S. The van der Waals surface area contributed by atoms with E-state index in [-0.39, 0.29) is 41.8 Å². The Morgan fingerprint density at radius 1 is 1.23 bits per heavy atom. The van der Waals surface area contributed by atoms with E-state index in [0.29, 0.717) is 37.6 Å². The van der Waals surface area contributed by atoms with Crippen molar-refractivity contribution in [1.29, 1.82) is 0 Å². The fourth-order valence-electron chi connectivity index (χ4n) is 3.29. The summed E-state index contributed by atoms with van der Waals surface area (Å²) in [6, 6.07) is 6.94. The molecule has 0 aliphatic carbocycles. The van der Waals surface area contributed by atoms with Gasteiger partial charge in [0.15, 0.2) is 5.96 Å². The number of hydrogen-bond donors (Lipinski definition) is 3. The van der Waals surface area contributed by atoms with Gasteiger partial charge in [-0.1, -0.05) is 24.3 Å². The van der Waals surface area contributed by atoms with Gasteiger partial charge in [-0.15, -0.1) is 24.0 Å². The minimum Gasteiger partial charge on any atom is -0.352 e. The van der Waals surface area contributed by atoms with Gasteiger partial charge in [0, 0.05) is 38.8 Å². The van der Waals surface area contributed by atoms with Crippen molar-refractivity contribution in [1.82, 2.24) is 20.3 Å². The minimum atomic E-state index is -4.19. The van der Waals surface area contributed by atoms with Crippen LogP contribution in [0.25, 0.3) is 0 Å². The third-order valence-electron chi connectivity index (χ3n) is 4.49. The molecule has 12 heteroatoms. The van der Waals surface area contributed by atoms with Crippen molar-refractivity contribution < 1.29 is 21.6 Å². The van der Waals surface area contributed by atoms with E-state index >= 15 is 0 Å². The molecule has 1 aliphatic heterocycles. The van der Waals surface area contributed by atoms with E-state index in [4.69, 9.17) is 0 Å². The highest BCUT2D eigenvalue weighted by atomic mass is 127. The number of hydrogen-bond acceptors (Lipinski definition) is 4. The molecule has 31 heavy (non-hydrogen) atoms. The van der Waals surface area contributed by atoms with E-state index in [9.17, 15) is 21.6 Å². The molecule has 1 aliphatic rings. The zero-order valence-corrected chi connectivity index (χ0v) is 21.0. The number of aliphatic imine (C=N–C) groups is 1. The lowest BCUT2D eigenvalue weighted by molar-refractivity contribution is -0.143. The van der Waals surface area contributed by atoms with Crippen LogP contribution in [-0.4, -0.2) is 64.2 Å². The Kier molecular flexibility index (Phi) is 11.0. The number of rotatable bonds is 8. The summed E-state index contributed by atoms with van der Waals surface area (Å²) in [5.41, 5.74) is 1.62. The van der Waals surface area contributed by atoms with Crippen molar-refractivity contribution in [2.45, 2.75) is 50.8 Å². The Bertz CT molecular complexity index is 817. The van der Waals surface area contributed by atoms with E-state index in [1.54, 1.807) is 33.0 Å². The van der Waals surface area contributed by atoms with Gasteiger partial charge in [-0.3, -0.25) is 9.89 Å². The summed E-state index contributed by atoms with van der Waals surface area (Å²) < 4.78 is 64.1. The number of likely N-dealkylation sites (tertiary alicyclic amines) is 1. The van der Waals surface area contributed by atoms with Gasteiger partial charge < -0.3 is 10.6 Å². The molecule has 0 aromatic heterocycles. The maximum absolute atomic E-state index is 12.5. The van der Waals surface area contributed by atoms with Crippen molar-refractivity contribution in [3.63, 3.8) is 0 Å². The lowest BCUT2D eigenvalue weighted by Crippen LogP contribution is -2.44. The number of nitrogens with zero attached hydrogens (tertiary/aromatic N) is 2. The lowest BCUT2D eigenvalue weighted by atomic mass is 10.1. The van der Waals surface area contributed by atoms with E-state index in [2.05, 4.69) is 20.3 Å². The maximum Gasteiger partial charge on any atom is 0.401 e. The maximum atomic E-state index is 12.5. The summed E-state index contributed by atoms with van der Waals surface area (Å²) in [5.74, 6) is 0.430. The van der Waals surface area contributed by atoms with Gasteiger partial charge in [-0.2, -0.15) is 13.2 Å². The van der Waals surface area contributed by atoms with Crippen LogP contribution in [0.2, 0.25) is 0 Å². The second-order valence-corrected chi connectivity index (χ2v) is 9.51. The molecule has 0 bridgehead atoms. The number of nitrogens with one attached hydrogen (secondary N) is 3. The quantitative estimate of drug-likeness (QED) is 0.251. The lowest BCUT2D eigenvalue weighted by Gasteiger charge is -2.20. The minimum absolute atomic E-state index is 0. The first kappa shape index (κ1) is 27.9. The average molecular weight is 577 g/mol. The van der Waals surface area contributed by atoms with Crippen LogP contribution in [0.5, 0.6) is 0 Å². The zero-order valence-electron chi connectivity index (χ0n) is 17.9. The molecule has 7 nitrogen and oxygen atoms in total. The van der Waals surface area contributed by atoms with E-state index in [0.717, 1.165) is 5.56 Å². The zero-order chi connectivity index (χ0) is 22.4. The van der Waals surface area contributed by atoms with Gasteiger partial charge in [0.05, 0.1) is 12.3 Å². The molecule has 1 heterocycles. The Balaban J connectivity index is 0.00000480. The predicted octanol–water partition coefficient (Wildman–Crippen LogP) is 2.43. The first-order valence-corrected chi connectivity index (χ1v) is 11.4. The van der Waals surface area contributed by atoms with Crippen molar-refractivity contribution in [2.75, 3.05) is 26.7 Å². The van der Waals surface area contributed by atoms with Gasteiger partial charge in [-0.05, 0) is 31.4 Å². The van der Waals surface area contributed by atoms with Crippen LogP contribution in [0.15, 0.2) is 29.3 Å². The average Bonchev–Trinajstić information content (AvgIpc) is 3.03. The summed E-state index contributed by atoms with van der Waals surface area (Å²) in [6.07, 6.45) is -3.57. The molecule has 1 saturated heterocycles. The van der Waals surface area contributed by atoms with Crippen molar-refractivity contribution in [3.8, 4) is 0 Å². The van der Waals surface area contributed by atoms with Crippen LogP contribution in [0, 0.1) is 0 Å². The van der Waals surface area contributed by atoms with Crippen LogP contribution in [0.4, 0.5) is 13.2 Å². The molecule has 0 amide bonds. The van der Waals surface area contributed by atoms with E-state index < -0.39 is 22.7 Å².